The molecule has 1 amide bonds. The van der Waals surface area contributed by atoms with Gasteiger partial charge in [-0.25, -0.2) is 8.42 Å². The van der Waals surface area contributed by atoms with Gasteiger partial charge < -0.3 is 4.57 Å². The summed E-state index contributed by atoms with van der Waals surface area (Å²) in [6, 6.07) is 5.47. The predicted molar refractivity (Wildman–Crippen MR) is 127 cm³/mol. The lowest BCUT2D eigenvalue weighted by Crippen LogP contribution is -2.40. The minimum Gasteiger partial charge on any atom is -0.311 e. The van der Waals surface area contributed by atoms with Gasteiger partial charge >= 0.3 is 0 Å². The van der Waals surface area contributed by atoms with Crippen molar-refractivity contribution >= 4 is 83.6 Å². The fourth-order valence-electron chi connectivity index (χ4n) is 3.49. The van der Waals surface area contributed by atoms with Crippen LogP contribution in [0.5, 0.6) is 0 Å². The van der Waals surface area contributed by atoms with Crippen LogP contribution in [0.25, 0.3) is 10.2 Å². The number of sulfonamides is 1. The largest absolute Gasteiger partial charge is 0.311 e. The molecular formula is C19H16Cl3N3O3S3. The zero-order chi connectivity index (χ0) is 22.3. The highest BCUT2D eigenvalue weighted by atomic mass is 35.5. The summed E-state index contributed by atoms with van der Waals surface area (Å²) in [7, 11) is -3.84. The molecule has 1 fully saturated rings. The Bertz CT molecular complexity index is 1360. The molecule has 12 heteroatoms. The normalized spacial score (nSPS) is 18.2. The van der Waals surface area contributed by atoms with Gasteiger partial charge in [0.25, 0.3) is 15.9 Å². The van der Waals surface area contributed by atoms with Gasteiger partial charge in [0.05, 0.1) is 24.6 Å². The quantitative estimate of drug-likeness (QED) is 0.421. The molecule has 3 aromatic rings. The van der Waals surface area contributed by atoms with E-state index in [0.29, 0.717) is 48.8 Å². The van der Waals surface area contributed by atoms with E-state index in [2.05, 4.69) is 11.6 Å². The molecule has 0 spiro atoms. The SMILES string of the molecule is C=CCn1c(=NC(=O)C2CCCN2S(=O)(=O)c2ccc(Cl)s2)sc2c(Cl)ccc(Cl)c21. The predicted octanol–water partition coefficient (Wildman–Crippen LogP) is 5.19. The van der Waals surface area contributed by atoms with Gasteiger partial charge in [-0.3, -0.25) is 4.79 Å². The van der Waals surface area contributed by atoms with Crippen molar-refractivity contribution in [3.05, 3.63) is 56.1 Å². The highest BCUT2D eigenvalue weighted by Gasteiger charge is 2.40. The highest BCUT2D eigenvalue weighted by Crippen LogP contribution is 2.34. The molecule has 1 unspecified atom stereocenters. The van der Waals surface area contributed by atoms with Gasteiger partial charge in [-0.15, -0.1) is 17.9 Å². The van der Waals surface area contributed by atoms with Crippen LogP contribution in [0.3, 0.4) is 0 Å². The Balaban J connectivity index is 1.77. The monoisotopic (exact) mass is 535 g/mol. The number of thiophene rings is 1. The van der Waals surface area contributed by atoms with E-state index in [9.17, 15) is 13.2 Å². The second-order valence-corrected chi connectivity index (χ2v) is 12.4. The minimum atomic E-state index is -3.84. The van der Waals surface area contributed by atoms with Crippen LogP contribution < -0.4 is 4.80 Å². The van der Waals surface area contributed by atoms with Gasteiger partial charge in [-0.05, 0) is 37.1 Å². The summed E-state index contributed by atoms with van der Waals surface area (Å²) in [5.41, 5.74) is 0.662. The number of carbonyl (C=O) groups is 1. The Kier molecular flexibility index (Phi) is 6.65. The maximum absolute atomic E-state index is 13.1. The van der Waals surface area contributed by atoms with Crippen LogP contribution in [0.4, 0.5) is 0 Å². The van der Waals surface area contributed by atoms with E-state index in [1.54, 1.807) is 22.8 Å². The first-order valence-corrected chi connectivity index (χ1v) is 13.4. The van der Waals surface area contributed by atoms with Crippen molar-refractivity contribution in [1.29, 1.82) is 0 Å². The van der Waals surface area contributed by atoms with Gasteiger partial charge in [0, 0.05) is 13.1 Å². The van der Waals surface area contributed by atoms with Crippen LogP contribution in [0, 0.1) is 0 Å². The third-order valence-electron chi connectivity index (χ3n) is 4.85. The summed E-state index contributed by atoms with van der Waals surface area (Å²) in [6.45, 7) is 4.37. The van der Waals surface area contributed by atoms with Crippen molar-refractivity contribution in [2.24, 2.45) is 4.99 Å². The maximum Gasteiger partial charge on any atom is 0.266 e. The van der Waals surface area contributed by atoms with Gasteiger partial charge in [0.2, 0.25) is 0 Å². The molecule has 3 heterocycles. The van der Waals surface area contributed by atoms with E-state index in [4.69, 9.17) is 34.8 Å². The fraction of sp³-hybridized carbons (Fsp3) is 0.263. The average Bonchev–Trinajstić information content (AvgIpc) is 3.45. The highest BCUT2D eigenvalue weighted by molar-refractivity contribution is 7.91. The van der Waals surface area contributed by atoms with Crippen molar-refractivity contribution in [3.63, 3.8) is 0 Å². The standard InChI is InChI=1S/C19H16Cl3N3O3S3/c1-2-9-24-16-11(20)5-6-12(21)17(16)30-19(24)23-18(26)13-4-3-10-25(13)31(27,28)15-8-7-14(22)29-15/h2,5-8,13H,1,3-4,9-10H2. The van der Waals surface area contributed by atoms with Crippen molar-refractivity contribution in [2.45, 2.75) is 29.6 Å². The molecule has 0 bridgehead atoms. The molecule has 0 radical (unpaired) electrons. The van der Waals surface area contributed by atoms with Crippen molar-refractivity contribution in [1.82, 2.24) is 8.87 Å². The van der Waals surface area contributed by atoms with Crippen LogP contribution >= 0.6 is 57.5 Å². The van der Waals surface area contributed by atoms with E-state index in [-0.39, 0.29) is 10.8 Å². The van der Waals surface area contributed by atoms with E-state index < -0.39 is 22.0 Å². The van der Waals surface area contributed by atoms with E-state index >= 15 is 0 Å². The Hall–Kier alpha value is -1.20. The molecule has 31 heavy (non-hydrogen) atoms. The molecule has 1 aliphatic rings. The lowest BCUT2D eigenvalue weighted by molar-refractivity contribution is -0.121. The number of amides is 1. The first-order chi connectivity index (χ1) is 14.7. The number of allylic oxidation sites excluding steroid dienone is 1. The van der Waals surface area contributed by atoms with Gasteiger partial charge in [-0.2, -0.15) is 9.30 Å². The average molecular weight is 537 g/mol. The van der Waals surface area contributed by atoms with Gasteiger partial charge in [0.15, 0.2) is 4.80 Å². The van der Waals surface area contributed by atoms with Crippen LogP contribution in [-0.4, -0.2) is 35.8 Å². The number of carbonyl (C=O) groups excluding carboxylic acids is 1. The van der Waals surface area contributed by atoms with Crippen molar-refractivity contribution < 1.29 is 13.2 Å². The Labute approximate surface area is 202 Å². The zero-order valence-electron chi connectivity index (χ0n) is 15.9. The number of hydrogen-bond donors (Lipinski definition) is 0. The second kappa shape index (κ2) is 8.97. The lowest BCUT2D eigenvalue weighted by Gasteiger charge is -2.20. The number of halogens is 3. The number of fused-ring (bicyclic) bond motifs is 1. The molecular weight excluding hydrogens is 521 g/mol. The van der Waals surface area contributed by atoms with Crippen LogP contribution in [0.15, 0.2) is 46.1 Å². The number of rotatable bonds is 5. The molecule has 1 atom stereocenters. The lowest BCUT2D eigenvalue weighted by atomic mass is 10.2. The van der Waals surface area contributed by atoms with Gasteiger partial charge in [-0.1, -0.05) is 52.2 Å². The third kappa shape index (κ3) is 4.25. The first-order valence-electron chi connectivity index (χ1n) is 9.18. The van der Waals surface area contributed by atoms with Crippen LogP contribution in [-0.2, 0) is 21.4 Å². The van der Waals surface area contributed by atoms with Crippen molar-refractivity contribution in [3.8, 4) is 0 Å². The summed E-state index contributed by atoms with van der Waals surface area (Å²) >= 11 is 20.8. The fourth-order valence-corrected chi connectivity index (χ4v) is 8.41. The Morgan fingerprint density at radius 1 is 1.19 bits per heavy atom. The Morgan fingerprint density at radius 3 is 2.61 bits per heavy atom. The minimum absolute atomic E-state index is 0.111. The summed E-state index contributed by atoms with van der Waals surface area (Å²) < 4.78 is 30.2. The maximum atomic E-state index is 13.1. The summed E-state index contributed by atoms with van der Waals surface area (Å²) in [6.07, 6.45) is 2.63. The van der Waals surface area contributed by atoms with Crippen LogP contribution in [0.2, 0.25) is 14.4 Å². The number of nitrogens with zero attached hydrogens (tertiary/aromatic N) is 3. The summed E-state index contributed by atoms with van der Waals surface area (Å²) in [4.78, 5) is 17.8. The molecule has 4 rings (SSSR count). The topological polar surface area (TPSA) is 71.7 Å². The second-order valence-electron chi connectivity index (χ2n) is 6.77. The number of hydrogen-bond acceptors (Lipinski definition) is 5. The van der Waals surface area contributed by atoms with Crippen LogP contribution in [0.1, 0.15) is 12.8 Å². The first kappa shape index (κ1) is 23.0. The molecule has 1 saturated heterocycles. The van der Waals surface area contributed by atoms with E-state index in [1.807, 2.05) is 0 Å². The smallest absolute Gasteiger partial charge is 0.266 e. The molecule has 0 saturated carbocycles. The molecule has 1 aliphatic heterocycles. The number of thiazole rings is 1. The van der Waals surface area contributed by atoms with Gasteiger partial charge in [0.1, 0.15) is 10.3 Å². The summed E-state index contributed by atoms with van der Waals surface area (Å²) in [5, 5.41) is 0.974. The zero-order valence-corrected chi connectivity index (χ0v) is 20.6. The van der Waals surface area contributed by atoms with Crippen molar-refractivity contribution in [2.75, 3.05) is 6.54 Å². The third-order valence-corrected chi connectivity index (χ3v) is 10.3. The summed E-state index contributed by atoms with van der Waals surface area (Å²) in [5.74, 6) is -0.527. The molecule has 0 aliphatic carbocycles. The molecule has 0 N–H and O–H groups in total. The Morgan fingerprint density at radius 2 is 1.94 bits per heavy atom. The molecule has 6 nitrogen and oxygen atoms in total. The molecule has 1 aromatic carbocycles. The van der Waals surface area contributed by atoms with E-state index in [0.717, 1.165) is 11.3 Å². The van der Waals surface area contributed by atoms with E-state index in [1.165, 1.54) is 27.8 Å². The molecule has 2 aromatic heterocycles. The number of aromatic nitrogens is 1. The number of benzene rings is 1. The molecule has 164 valence electrons.